The summed E-state index contributed by atoms with van der Waals surface area (Å²) in [7, 11) is 1.85. The van der Waals surface area contributed by atoms with E-state index in [-0.39, 0.29) is 18.1 Å². The fourth-order valence-electron chi connectivity index (χ4n) is 3.98. The normalized spacial score (nSPS) is 21.1. The minimum atomic E-state index is -0.726. The Balaban J connectivity index is 1.72. The molecular formula is C26H23F2N3O. The topological polar surface area (TPSA) is 50.8 Å². The van der Waals surface area contributed by atoms with Gasteiger partial charge in [-0.1, -0.05) is 48.6 Å². The SMILES string of the molecule is Cn1cncc1C(OCc1cc(F)ccc1F)C1=CC(c2ccccc2)C(C)(C#N)C=C1. The lowest BCUT2D eigenvalue weighted by atomic mass is 9.70. The monoisotopic (exact) mass is 431 g/mol. The Kier molecular flexibility index (Phi) is 6.02. The second-order valence-electron chi connectivity index (χ2n) is 8.14. The van der Waals surface area contributed by atoms with Crippen LogP contribution in [0.1, 0.15) is 35.8 Å². The molecule has 1 heterocycles. The number of imidazole rings is 1. The van der Waals surface area contributed by atoms with E-state index in [2.05, 4.69) is 11.1 Å². The van der Waals surface area contributed by atoms with Gasteiger partial charge in [-0.2, -0.15) is 5.26 Å². The summed E-state index contributed by atoms with van der Waals surface area (Å²) in [6.07, 6.45) is 8.57. The molecule has 162 valence electrons. The first-order valence-corrected chi connectivity index (χ1v) is 10.3. The number of nitrogens with zero attached hydrogens (tertiary/aromatic N) is 3. The summed E-state index contributed by atoms with van der Waals surface area (Å²) in [5, 5.41) is 9.89. The molecule has 3 atom stereocenters. The molecule has 4 rings (SSSR count). The van der Waals surface area contributed by atoms with Crippen LogP contribution < -0.4 is 0 Å². The molecule has 0 N–H and O–H groups in total. The van der Waals surface area contributed by atoms with Gasteiger partial charge in [-0.25, -0.2) is 13.8 Å². The molecule has 3 unspecified atom stereocenters. The quantitative estimate of drug-likeness (QED) is 0.498. The van der Waals surface area contributed by atoms with Crippen molar-refractivity contribution in [1.29, 1.82) is 5.26 Å². The summed E-state index contributed by atoms with van der Waals surface area (Å²) in [6, 6.07) is 15.6. The molecule has 1 aliphatic carbocycles. The molecule has 6 heteroatoms. The Bertz CT molecular complexity index is 1210. The number of aromatic nitrogens is 2. The summed E-state index contributed by atoms with van der Waals surface area (Å²) in [6.45, 7) is 1.78. The zero-order chi connectivity index (χ0) is 22.7. The highest BCUT2D eigenvalue weighted by Gasteiger charge is 2.36. The Labute approximate surface area is 186 Å². The molecule has 0 fully saturated rings. The lowest BCUT2D eigenvalue weighted by Gasteiger charge is -2.33. The molecule has 0 saturated carbocycles. The molecule has 1 aromatic heterocycles. The van der Waals surface area contributed by atoms with Crippen LogP contribution in [0.2, 0.25) is 0 Å². The van der Waals surface area contributed by atoms with Gasteiger partial charge >= 0.3 is 0 Å². The van der Waals surface area contributed by atoms with Crippen LogP contribution in [0.25, 0.3) is 0 Å². The lowest BCUT2D eigenvalue weighted by Crippen LogP contribution is -2.24. The fourth-order valence-corrected chi connectivity index (χ4v) is 3.98. The maximum atomic E-state index is 14.2. The largest absolute Gasteiger partial charge is 0.362 e. The van der Waals surface area contributed by atoms with Crippen LogP contribution in [-0.2, 0) is 18.4 Å². The second-order valence-corrected chi connectivity index (χ2v) is 8.14. The third kappa shape index (κ3) is 4.25. The number of allylic oxidation sites excluding steroid dienone is 2. The number of nitriles is 1. The van der Waals surface area contributed by atoms with E-state index in [9.17, 15) is 14.0 Å². The van der Waals surface area contributed by atoms with Gasteiger partial charge in [0.25, 0.3) is 0 Å². The summed E-state index contributed by atoms with van der Waals surface area (Å²) in [4.78, 5) is 4.19. The van der Waals surface area contributed by atoms with Crippen molar-refractivity contribution in [2.24, 2.45) is 12.5 Å². The molecule has 0 radical (unpaired) electrons. The van der Waals surface area contributed by atoms with E-state index in [4.69, 9.17) is 4.74 Å². The predicted molar refractivity (Wildman–Crippen MR) is 117 cm³/mol. The highest BCUT2D eigenvalue weighted by Crippen LogP contribution is 2.44. The maximum absolute atomic E-state index is 14.2. The predicted octanol–water partition coefficient (Wildman–Crippen LogP) is 5.77. The summed E-state index contributed by atoms with van der Waals surface area (Å²) in [5.41, 5.74) is 2.02. The summed E-state index contributed by atoms with van der Waals surface area (Å²) in [5.74, 6) is -1.24. The van der Waals surface area contributed by atoms with Crippen LogP contribution in [0.3, 0.4) is 0 Å². The summed E-state index contributed by atoms with van der Waals surface area (Å²) >= 11 is 0. The van der Waals surface area contributed by atoms with Crippen LogP contribution in [0, 0.1) is 28.4 Å². The van der Waals surface area contributed by atoms with Crippen LogP contribution >= 0.6 is 0 Å². The third-order valence-corrected chi connectivity index (χ3v) is 5.87. The van der Waals surface area contributed by atoms with Crippen molar-refractivity contribution in [2.45, 2.75) is 25.6 Å². The molecular weight excluding hydrogens is 408 g/mol. The Morgan fingerprint density at radius 3 is 2.69 bits per heavy atom. The van der Waals surface area contributed by atoms with E-state index < -0.39 is 23.2 Å². The Hall–Kier alpha value is -3.56. The van der Waals surface area contributed by atoms with Gasteiger partial charge < -0.3 is 9.30 Å². The van der Waals surface area contributed by atoms with Crippen LogP contribution in [0.4, 0.5) is 8.78 Å². The highest BCUT2D eigenvalue weighted by molar-refractivity contribution is 5.44. The van der Waals surface area contributed by atoms with Crippen LogP contribution in [-0.4, -0.2) is 9.55 Å². The van der Waals surface area contributed by atoms with Crippen molar-refractivity contribution in [2.75, 3.05) is 0 Å². The standard InChI is InChI=1S/C26H23F2N3O/c1-26(16-29)11-10-19(13-22(26)18-6-4-3-5-7-18)25(24-14-30-17-31(24)2)32-15-20-12-21(27)8-9-23(20)28/h3-14,17,22,25H,15H2,1-2H3. The van der Waals surface area contributed by atoms with Crippen molar-refractivity contribution in [3.63, 3.8) is 0 Å². The van der Waals surface area contributed by atoms with E-state index in [1.807, 2.05) is 67.1 Å². The van der Waals surface area contributed by atoms with Gasteiger partial charge in [0.1, 0.15) is 17.7 Å². The number of ether oxygens (including phenoxy) is 1. The van der Waals surface area contributed by atoms with Crippen molar-refractivity contribution >= 4 is 0 Å². The molecule has 2 aromatic carbocycles. The van der Waals surface area contributed by atoms with Gasteiger partial charge in [-0.15, -0.1) is 0 Å². The average molecular weight is 431 g/mol. The minimum absolute atomic E-state index is 0.115. The third-order valence-electron chi connectivity index (χ3n) is 5.87. The average Bonchev–Trinajstić information content (AvgIpc) is 3.23. The number of halogens is 2. The zero-order valence-corrected chi connectivity index (χ0v) is 17.9. The van der Waals surface area contributed by atoms with Crippen LogP contribution in [0.15, 0.2) is 84.9 Å². The van der Waals surface area contributed by atoms with E-state index in [1.54, 1.807) is 12.5 Å². The van der Waals surface area contributed by atoms with Gasteiger partial charge in [0.2, 0.25) is 0 Å². The van der Waals surface area contributed by atoms with E-state index in [0.717, 1.165) is 35.0 Å². The molecule has 0 bridgehead atoms. The van der Waals surface area contributed by atoms with Gasteiger partial charge in [0, 0.05) is 18.5 Å². The molecule has 0 spiro atoms. The molecule has 0 amide bonds. The first-order chi connectivity index (χ1) is 15.4. The fraction of sp³-hybridized carbons (Fsp3) is 0.231. The van der Waals surface area contributed by atoms with Gasteiger partial charge in [0.05, 0.1) is 36.3 Å². The highest BCUT2D eigenvalue weighted by atomic mass is 19.1. The van der Waals surface area contributed by atoms with Gasteiger partial charge in [0.15, 0.2) is 0 Å². The van der Waals surface area contributed by atoms with E-state index >= 15 is 0 Å². The molecule has 32 heavy (non-hydrogen) atoms. The Morgan fingerprint density at radius 1 is 1.22 bits per heavy atom. The molecule has 4 nitrogen and oxygen atoms in total. The zero-order valence-electron chi connectivity index (χ0n) is 17.9. The van der Waals surface area contributed by atoms with Crippen molar-refractivity contribution < 1.29 is 13.5 Å². The molecule has 0 aliphatic heterocycles. The van der Waals surface area contributed by atoms with Crippen molar-refractivity contribution in [1.82, 2.24) is 9.55 Å². The van der Waals surface area contributed by atoms with Crippen molar-refractivity contribution in [3.8, 4) is 6.07 Å². The number of hydrogen-bond donors (Lipinski definition) is 0. The summed E-state index contributed by atoms with van der Waals surface area (Å²) < 4.78 is 35.8. The van der Waals surface area contributed by atoms with E-state index in [1.165, 1.54) is 0 Å². The smallest absolute Gasteiger partial charge is 0.128 e. The first-order valence-electron chi connectivity index (χ1n) is 10.3. The van der Waals surface area contributed by atoms with Crippen molar-refractivity contribution in [3.05, 3.63) is 113 Å². The number of aryl methyl sites for hydroxylation is 1. The number of rotatable bonds is 6. The molecule has 0 saturated heterocycles. The Morgan fingerprint density at radius 2 is 2.00 bits per heavy atom. The van der Waals surface area contributed by atoms with E-state index in [0.29, 0.717) is 0 Å². The number of hydrogen-bond acceptors (Lipinski definition) is 3. The second kappa shape index (κ2) is 8.89. The molecule has 1 aliphatic rings. The molecule has 3 aromatic rings. The maximum Gasteiger partial charge on any atom is 0.128 e. The minimum Gasteiger partial charge on any atom is -0.362 e. The lowest BCUT2D eigenvalue weighted by molar-refractivity contribution is 0.0590. The van der Waals surface area contributed by atoms with Gasteiger partial charge in [-0.05, 0) is 36.3 Å². The number of benzene rings is 2. The van der Waals surface area contributed by atoms with Gasteiger partial charge in [-0.3, -0.25) is 0 Å². The first kappa shape index (κ1) is 21.7. The van der Waals surface area contributed by atoms with Crippen LogP contribution in [0.5, 0.6) is 0 Å².